The predicted octanol–water partition coefficient (Wildman–Crippen LogP) is 1.24. The highest BCUT2D eigenvalue weighted by Gasteiger charge is 2.35. The van der Waals surface area contributed by atoms with Crippen LogP contribution in [-0.4, -0.2) is 36.5 Å². The summed E-state index contributed by atoms with van der Waals surface area (Å²) >= 11 is 0. The van der Waals surface area contributed by atoms with E-state index in [4.69, 9.17) is 0 Å². The zero-order chi connectivity index (χ0) is 10.8. The average molecular weight is 210 g/mol. The van der Waals surface area contributed by atoms with E-state index in [1.807, 2.05) is 0 Å². The fraction of sp³-hybridized carbons (Fsp3) is 0.917. The average Bonchev–Trinajstić information content (AvgIpc) is 2.84. The number of likely N-dealkylation sites (tertiary alicyclic amines) is 1. The van der Waals surface area contributed by atoms with Crippen molar-refractivity contribution in [2.45, 2.75) is 39.2 Å². The molecule has 0 aromatic rings. The summed E-state index contributed by atoms with van der Waals surface area (Å²) in [5.41, 5.74) is 0. The molecule has 2 rings (SSSR count). The maximum absolute atomic E-state index is 12.2. The van der Waals surface area contributed by atoms with E-state index in [2.05, 4.69) is 24.1 Å². The summed E-state index contributed by atoms with van der Waals surface area (Å²) in [6.07, 6.45) is 3.54. The van der Waals surface area contributed by atoms with Crippen molar-refractivity contribution in [3.05, 3.63) is 0 Å². The third kappa shape index (κ3) is 2.17. The van der Waals surface area contributed by atoms with Crippen LogP contribution in [0.3, 0.4) is 0 Å². The summed E-state index contributed by atoms with van der Waals surface area (Å²) in [5.74, 6) is 1.60. The smallest absolute Gasteiger partial charge is 0.239 e. The number of nitrogens with zero attached hydrogens (tertiary/aromatic N) is 1. The number of carbonyl (C=O) groups is 1. The lowest BCUT2D eigenvalue weighted by Gasteiger charge is -2.23. The molecule has 2 saturated heterocycles. The van der Waals surface area contributed by atoms with Crippen LogP contribution in [0.1, 0.15) is 33.1 Å². The lowest BCUT2D eigenvalue weighted by molar-refractivity contribution is -0.133. The number of hydrogen-bond acceptors (Lipinski definition) is 2. The minimum absolute atomic E-state index is 0.0978. The Morgan fingerprint density at radius 2 is 2.27 bits per heavy atom. The maximum atomic E-state index is 12.2. The summed E-state index contributed by atoms with van der Waals surface area (Å²) in [6.45, 7) is 7.36. The van der Waals surface area contributed by atoms with Crippen LogP contribution in [0, 0.1) is 11.8 Å². The standard InChI is InChI=1S/C12H22N2O/c1-3-10-5-7-14(8-10)12(15)11-9(2)4-6-13-11/h9-11,13H,3-8H2,1-2H3. The number of rotatable bonds is 2. The number of nitrogens with one attached hydrogen (secondary N) is 1. The molecule has 2 aliphatic rings. The van der Waals surface area contributed by atoms with Crippen molar-refractivity contribution in [2.24, 2.45) is 11.8 Å². The molecule has 1 amide bonds. The topological polar surface area (TPSA) is 32.3 Å². The van der Waals surface area contributed by atoms with E-state index >= 15 is 0 Å². The van der Waals surface area contributed by atoms with Gasteiger partial charge in [-0.15, -0.1) is 0 Å². The summed E-state index contributed by atoms with van der Waals surface area (Å²) in [7, 11) is 0. The Kier molecular flexibility index (Phi) is 3.29. The Morgan fingerprint density at radius 3 is 2.80 bits per heavy atom. The number of carbonyl (C=O) groups excluding carboxylic acids is 1. The van der Waals surface area contributed by atoms with Crippen LogP contribution in [0.2, 0.25) is 0 Å². The molecule has 0 aliphatic carbocycles. The largest absolute Gasteiger partial charge is 0.341 e. The summed E-state index contributed by atoms with van der Waals surface area (Å²) in [6, 6.07) is 0.0978. The quantitative estimate of drug-likeness (QED) is 0.744. The Hall–Kier alpha value is -0.570. The third-order valence-electron chi connectivity index (χ3n) is 3.97. The van der Waals surface area contributed by atoms with Crippen LogP contribution in [0.25, 0.3) is 0 Å². The van der Waals surface area contributed by atoms with E-state index < -0.39 is 0 Å². The fourth-order valence-corrected chi connectivity index (χ4v) is 2.73. The second kappa shape index (κ2) is 4.52. The summed E-state index contributed by atoms with van der Waals surface area (Å²) in [5, 5.41) is 3.32. The van der Waals surface area contributed by atoms with Crippen molar-refractivity contribution in [1.29, 1.82) is 0 Å². The molecule has 0 spiro atoms. The zero-order valence-corrected chi connectivity index (χ0v) is 9.83. The molecule has 0 radical (unpaired) electrons. The molecule has 3 atom stereocenters. The Balaban J connectivity index is 1.91. The summed E-state index contributed by atoms with van der Waals surface area (Å²) in [4.78, 5) is 14.2. The van der Waals surface area contributed by atoms with Crippen LogP contribution in [-0.2, 0) is 4.79 Å². The van der Waals surface area contributed by atoms with Gasteiger partial charge < -0.3 is 10.2 Å². The predicted molar refractivity (Wildman–Crippen MR) is 60.5 cm³/mol. The molecule has 3 heteroatoms. The van der Waals surface area contributed by atoms with E-state index in [1.54, 1.807) is 0 Å². The van der Waals surface area contributed by atoms with Gasteiger partial charge in [-0.25, -0.2) is 0 Å². The van der Waals surface area contributed by atoms with Gasteiger partial charge in [-0.1, -0.05) is 20.3 Å². The van der Waals surface area contributed by atoms with E-state index in [1.165, 1.54) is 12.8 Å². The summed E-state index contributed by atoms with van der Waals surface area (Å²) < 4.78 is 0. The molecule has 0 bridgehead atoms. The van der Waals surface area contributed by atoms with Crippen LogP contribution in [0.15, 0.2) is 0 Å². The Labute approximate surface area is 92.2 Å². The van der Waals surface area contributed by atoms with Crippen LogP contribution < -0.4 is 5.32 Å². The van der Waals surface area contributed by atoms with Gasteiger partial charge in [-0.2, -0.15) is 0 Å². The van der Waals surface area contributed by atoms with Gasteiger partial charge in [0.1, 0.15) is 0 Å². The van der Waals surface area contributed by atoms with Gasteiger partial charge in [0.05, 0.1) is 6.04 Å². The minimum Gasteiger partial charge on any atom is -0.341 e. The van der Waals surface area contributed by atoms with Crippen molar-refractivity contribution >= 4 is 5.91 Å². The van der Waals surface area contributed by atoms with E-state index in [0.29, 0.717) is 11.8 Å². The van der Waals surface area contributed by atoms with Crippen molar-refractivity contribution < 1.29 is 4.79 Å². The molecule has 0 aromatic carbocycles. The van der Waals surface area contributed by atoms with E-state index in [-0.39, 0.29) is 6.04 Å². The molecule has 0 saturated carbocycles. The molecule has 0 aromatic heterocycles. The van der Waals surface area contributed by atoms with Crippen LogP contribution >= 0.6 is 0 Å². The molecule has 3 nitrogen and oxygen atoms in total. The third-order valence-corrected chi connectivity index (χ3v) is 3.97. The van der Waals surface area contributed by atoms with Crippen molar-refractivity contribution in [3.8, 4) is 0 Å². The fourth-order valence-electron chi connectivity index (χ4n) is 2.73. The minimum atomic E-state index is 0.0978. The van der Waals surface area contributed by atoms with Gasteiger partial charge in [-0.05, 0) is 31.2 Å². The molecule has 3 unspecified atom stereocenters. The highest BCUT2D eigenvalue weighted by atomic mass is 16.2. The molecular weight excluding hydrogens is 188 g/mol. The number of amides is 1. The van der Waals surface area contributed by atoms with Crippen molar-refractivity contribution in [2.75, 3.05) is 19.6 Å². The number of hydrogen-bond donors (Lipinski definition) is 1. The first-order valence-corrected chi connectivity index (χ1v) is 6.24. The highest BCUT2D eigenvalue weighted by molar-refractivity contribution is 5.82. The van der Waals surface area contributed by atoms with Crippen molar-refractivity contribution in [1.82, 2.24) is 10.2 Å². The van der Waals surface area contributed by atoms with Gasteiger partial charge in [-0.3, -0.25) is 4.79 Å². The monoisotopic (exact) mass is 210 g/mol. The first-order chi connectivity index (χ1) is 7.22. The second-order valence-corrected chi connectivity index (χ2v) is 5.04. The second-order valence-electron chi connectivity index (χ2n) is 5.04. The van der Waals surface area contributed by atoms with Crippen LogP contribution in [0.5, 0.6) is 0 Å². The highest BCUT2D eigenvalue weighted by Crippen LogP contribution is 2.23. The SMILES string of the molecule is CCC1CCN(C(=O)C2NCCC2C)C1. The van der Waals surface area contributed by atoms with Gasteiger partial charge in [0.15, 0.2) is 0 Å². The lowest BCUT2D eigenvalue weighted by atomic mass is 10.0. The van der Waals surface area contributed by atoms with Crippen LogP contribution in [0.4, 0.5) is 0 Å². The molecule has 1 N–H and O–H groups in total. The first kappa shape index (κ1) is 10.9. The van der Waals surface area contributed by atoms with E-state index in [9.17, 15) is 4.79 Å². The van der Waals surface area contributed by atoms with Gasteiger partial charge in [0.2, 0.25) is 5.91 Å². The molecule has 2 aliphatic heterocycles. The maximum Gasteiger partial charge on any atom is 0.239 e. The van der Waals surface area contributed by atoms with Gasteiger partial charge in [0.25, 0.3) is 0 Å². The Morgan fingerprint density at radius 1 is 1.47 bits per heavy atom. The Bertz CT molecular complexity index is 242. The molecule has 15 heavy (non-hydrogen) atoms. The molecule has 86 valence electrons. The van der Waals surface area contributed by atoms with E-state index in [0.717, 1.165) is 32.0 Å². The first-order valence-electron chi connectivity index (χ1n) is 6.24. The molecular formula is C12H22N2O. The van der Waals surface area contributed by atoms with Gasteiger partial charge in [0, 0.05) is 13.1 Å². The molecule has 2 heterocycles. The molecule has 2 fully saturated rings. The van der Waals surface area contributed by atoms with Gasteiger partial charge >= 0.3 is 0 Å². The normalized spacial score (nSPS) is 36.1. The zero-order valence-electron chi connectivity index (χ0n) is 9.83. The van der Waals surface area contributed by atoms with Crippen molar-refractivity contribution in [3.63, 3.8) is 0 Å². The lowest BCUT2D eigenvalue weighted by Crippen LogP contribution is -2.45.